The lowest BCUT2D eigenvalue weighted by atomic mass is 9.79. The van der Waals surface area contributed by atoms with Gasteiger partial charge in [-0.15, -0.1) is 0 Å². The van der Waals surface area contributed by atoms with Crippen LogP contribution in [0.4, 0.5) is 17.1 Å². The van der Waals surface area contributed by atoms with Gasteiger partial charge in [0.2, 0.25) is 0 Å². The molecule has 2 aliphatic rings. The van der Waals surface area contributed by atoms with Crippen molar-refractivity contribution in [2.45, 2.75) is 44.4 Å². The maximum Gasteiger partial charge on any atom is 0.0465 e. The molecule has 1 atom stereocenters. The minimum atomic E-state index is -0.103. The highest BCUT2D eigenvalue weighted by Crippen LogP contribution is 2.52. The number of rotatable bonds is 9. The summed E-state index contributed by atoms with van der Waals surface area (Å²) < 4.78 is 0. The van der Waals surface area contributed by atoms with Crippen molar-refractivity contribution in [2.75, 3.05) is 4.90 Å². The molecule has 0 amide bonds. The molecule has 12 rings (SSSR count). The zero-order valence-electron chi connectivity index (χ0n) is 39.1. The second-order valence-electron chi connectivity index (χ2n) is 19.7. The predicted octanol–water partition coefficient (Wildman–Crippen LogP) is 18.0. The van der Waals surface area contributed by atoms with Gasteiger partial charge in [-0.3, -0.25) is 0 Å². The van der Waals surface area contributed by atoms with Gasteiger partial charge in [0.15, 0.2) is 0 Å². The van der Waals surface area contributed by atoms with Crippen molar-refractivity contribution in [1.29, 1.82) is 0 Å². The van der Waals surface area contributed by atoms with Crippen LogP contribution in [0.5, 0.6) is 0 Å². The Morgan fingerprint density at radius 2 is 0.588 bits per heavy atom. The Hall–Kier alpha value is -8.00. The summed E-state index contributed by atoms with van der Waals surface area (Å²) >= 11 is 0. The number of anilines is 3. The fourth-order valence-corrected chi connectivity index (χ4v) is 11.4. The van der Waals surface area contributed by atoms with Crippen molar-refractivity contribution in [3.63, 3.8) is 0 Å². The molecule has 326 valence electrons. The smallest absolute Gasteiger partial charge is 0.0465 e. The molecule has 1 unspecified atom stereocenters. The van der Waals surface area contributed by atoms with Crippen molar-refractivity contribution in [1.82, 2.24) is 0 Å². The minimum absolute atomic E-state index is 0.0630. The van der Waals surface area contributed by atoms with E-state index in [2.05, 4.69) is 275 Å². The standard InChI is InChI=1S/C67H53N/c1-66(2)61-21-13-11-19-57(61)59-41-35-53(43-63(59)66)65(51-27-23-47(24-28-51)45-15-7-5-8-16-45)52-29-25-48(26-30-52)50-33-38-55(39-34-50)68(54-36-31-49(32-37-54)46-17-9-6-10-18-46)56-40-42-60-58-20-12-14-22-62(58)67(3,4)64(60)44-56/h5-44,65H,1-4H3. The van der Waals surface area contributed by atoms with Gasteiger partial charge in [-0.2, -0.15) is 0 Å². The van der Waals surface area contributed by atoms with Crippen LogP contribution in [0.25, 0.3) is 55.6 Å². The third kappa shape index (κ3) is 7.01. The first-order chi connectivity index (χ1) is 33.2. The first-order valence-electron chi connectivity index (χ1n) is 24.0. The normalized spacial score (nSPS) is 14.1. The summed E-state index contributed by atoms with van der Waals surface area (Å²) in [5.74, 6) is 0.0630. The third-order valence-corrected chi connectivity index (χ3v) is 15.1. The van der Waals surface area contributed by atoms with E-state index in [0.29, 0.717) is 0 Å². The molecule has 10 aromatic carbocycles. The van der Waals surface area contributed by atoms with Crippen LogP contribution >= 0.6 is 0 Å². The second kappa shape index (κ2) is 16.4. The Balaban J connectivity index is 0.898. The average Bonchev–Trinajstić information content (AvgIpc) is 3.76. The summed E-state index contributed by atoms with van der Waals surface area (Å²) in [5.41, 5.74) is 25.2. The maximum absolute atomic E-state index is 2.49. The number of hydrogen-bond acceptors (Lipinski definition) is 1. The van der Waals surface area contributed by atoms with Gasteiger partial charge in [-0.05, 0) is 131 Å². The first-order valence-corrected chi connectivity index (χ1v) is 24.0. The second-order valence-corrected chi connectivity index (χ2v) is 19.7. The highest BCUT2D eigenvalue weighted by Gasteiger charge is 2.37. The lowest BCUT2D eigenvalue weighted by Gasteiger charge is -2.28. The van der Waals surface area contributed by atoms with Gasteiger partial charge in [0, 0.05) is 33.8 Å². The molecule has 10 aromatic rings. The van der Waals surface area contributed by atoms with Crippen LogP contribution in [0.3, 0.4) is 0 Å². The molecule has 0 aliphatic heterocycles. The van der Waals surface area contributed by atoms with Crippen molar-refractivity contribution in [3.8, 4) is 55.6 Å². The van der Waals surface area contributed by atoms with Gasteiger partial charge >= 0.3 is 0 Å². The van der Waals surface area contributed by atoms with E-state index in [1.165, 1.54) is 94.6 Å². The van der Waals surface area contributed by atoms with Crippen molar-refractivity contribution in [2.24, 2.45) is 0 Å². The average molecular weight is 872 g/mol. The molecule has 0 bridgehead atoms. The molecule has 0 aromatic heterocycles. The molecular weight excluding hydrogens is 819 g/mol. The van der Waals surface area contributed by atoms with Gasteiger partial charge in [0.1, 0.15) is 0 Å². The Bertz CT molecular complexity index is 3220. The van der Waals surface area contributed by atoms with Crippen molar-refractivity contribution < 1.29 is 0 Å². The Kier molecular flexibility index (Phi) is 9.99. The molecule has 1 heteroatoms. The number of fused-ring (bicyclic) bond motifs is 6. The summed E-state index contributed by atoms with van der Waals surface area (Å²) in [6, 6.07) is 90.0. The highest BCUT2D eigenvalue weighted by molar-refractivity contribution is 5.87. The van der Waals surface area contributed by atoms with Gasteiger partial charge in [-0.25, -0.2) is 0 Å². The van der Waals surface area contributed by atoms with Gasteiger partial charge in [0.25, 0.3) is 0 Å². The fraction of sp³-hybridized carbons (Fsp3) is 0.104. The largest absolute Gasteiger partial charge is 0.310 e. The van der Waals surface area contributed by atoms with Crippen LogP contribution in [-0.2, 0) is 10.8 Å². The van der Waals surface area contributed by atoms with E-state index in [1.807, 2.05) is 0 Å². The van der Waals surface area contributed by atoms with Crippen LogP contribution in [-0.4, -0.2) is 0 Å². The molecule has 0 fully saturated rings. The number of nitrogens with zero attached hydrogens (tertiary/aromatic N) is 1. The quantitative estimate of drug-likeness (QED) is 0.131. The lowest BCUT2D eigenvalue weighted by molar-refractivity contribution is 0.659. The molecular formula is C67H53N. The van der Waals surface area contributed by atoms with Crippen LogP contribution in [0.15, 0.2) is 243 Å². The van der Waals surface area contributed by atoms with Gasteiger partial charge in [0.05, 0.1) is 0 Å². The molecule has 0 radical (unpaired) electrons. The van der Waals surface area contributed by atoms with Crippen LogP contribution in [0.2, 0.25) is 0 Å². The molecule has 1 nitrogen and oxygen atoms in total. The van der Waals surface area contributed by atoms with E-state index in [9.17, 15) is 0 Å². The van der Waals surface area contributed by atoms with Crippen LogP contribution in [0, 0.1) is 0 Å². The monoisotopic (exact) mass is 871 g/mol. The van der Waals surface area contributed by atoms with Gasteiger partial charge in [-0.1, -0.05) is 234 Å². The molecule has 68 heavy (non-hydrogen) atoms. The number of hydrogen-bond donors (Lipinski definition) is 0. The first kappa shape index (κ1) is 41.4. The third-order valence-electron chi connectivity index (χ3n) is 15.1. The Labute approximate surface area is 401 Å². The van der Waals surface area contributed by atoms with Crippen LogP contribution < -0.4 is 4.90 Å². The summed E-state index contributed by atoms with van der Waals surface area (Å²) in [6.07, 6.45) is 0. The van der Waals surface area contributed by atoms with Crippen molar-refractivity contribution in [3.05, 3.63) is 282 Å². The summed E-state index contributed by atoms with van der Waals surface area (Å²) in [7, 11) is 0. The Morgan fingerprint density at radius 3 is 1.04 bits per heavy atom. The zero-order chi connectivity index (χ0) is 46.0. The van der Waals surface area contributed by atoms with E-state index < -0.39 is 0 Å². The van der Waals surface area contributed by atoms with E-state index in [4.69, 9.17) is 0 Å². The Morgan fingerprint density at radius 1 is 0.265 bits per heavy atom. The molecule has 0 heterocycles. The van der Waals surface area contributed by atoms with Crippen molar-refractivity contribution >= 4 is 17.1 Å². The SMILES string of the molecule is CC1(C)c2ccccc2-c2ccc(C(c3ccc(-c4ccccc4)cc3)c3ccc(-c4ccc(N(c5ccc(-c6ccccc6)cc5)c5ccc6c(c5)C(C)(C)c5ccccc5-6)cc4)cc3)cc21. The summed E-state index contributed by atoms with van der Waals surface area (Å²) in [4.78, 5) is 2.41. The molecule has 2 aliphatic carbocycles. The highest BCUT2D eigenvalue weighted by atomic mass is 15.1. The lowest BCUT2D eigenvalue weighted by Crippen LogP contribution is -2.16. The topological polar surface area (TPSA) is 3.24 Å². The summed E-state index contributed by atoms with van der Waals surface area (Å²) in [5, 5.41) is 0. The molecule has 0 saturated carbocycles. The fourth-order valence-electron chi connectivity index (χ4n) is 11.4. The molecule has 0 N–H and O–H groups in total. The van der Waals surface area contributed by atoms with Gasteiger partial charge < -0.3 is 4.90 Å². The van der Waals surface area contributed by atoms with E-state index >= 15 is 0 Å². The molecule has 0 saturated heterocycles. The van der Waals surface area contributed by atoms with E-state index in [0.717, 1.165) is 17.1 Å². The minimum Gasteiger partial charge on any atom is -0.310 e. The van der Waals surface area contributed by atoms with Crippen LogP contribution in [0.1, 0.15) is 72.6 Å². The number of benzene rings is 10. The zero-order valence-corrected chi connectivity index (χ0v) is 39.1. The molecule has 0 spiro atoms. The van der Waals surface area contributed by atoms with E-state index in [-0.39, 0.29) is 16.7 Å². The van der Waals surface area contributed by atoms with E-state index in [1.54, 1.807) is 0 Å². The maximum atomic E-state index is 2.49. The summed E-state index contributed by atoms with van der Waals surface area (Å²) in [6.45, 7) is 9.46. The predicted molar refractivity (Wildman–Crippen MR) is 286 cm³/mol.